The molecule has 0 spiro atoms. The van der Waals surface area contributed by atoms with Crippen LogP contribution in [0.3, 0.4) is 0 Å². The van der Waals surface area contributed by atoms with Gasteiger partial charge < -0.3 is 10.1 Å². The fourth-order valence-corrected chi connectivity index (χ4v) is 2.58. The molecular formula is C12H18N2O2S. The van der Waals surface area contributed by atoms with E-state index < -0.39 is 0 Å². The minimum Gasteiger partial charge on any atom is -0.368 e. The van der Waals surface area contributed by atoms with Crippen molar-refractivity contribution in [1.29, 1.82) is 0 Å². The Balaban J connectivity index is 1.54. The zero-order valence-electron chi connectivity index (χ0n) is 9.85. The molecule has 17 heavy (non-hydrogen) atoms. The van der Waals surface area contributed by atoms with E-state index in [1.54, 1.807) is 16.8 Å². The summed E-state index contributed by atoms with van der Waals surface area (Å²) in [5.74, 6) is -0.0212. The molecule has 1 N–H and O–H groups in total. The Hall–Kier alpha value is -0.940. The number of aromatic nitrogens is 1. The van der Waals surface area contributed by atoms with Crippen molar-refractivity contribution in [2.24, 2.45) is 0 Å². The molecule has 0 unspecified atom stereocenters. The van der Waals surface area contributed by atoms with Crippen LogP contribution in [0.4, 0.5) is 0 Å². The number of amides is 1. The summed E-state index contributed by atoms with van der Waals surface area (Å²) in [7, 11) is 0. The number of hydrogen-bond donors (Lipinski definition) is 1. The van der Waals surface area contributed by atoms with Crippen molar-refractivity contribution in [1.82, 2.24) is 10.3 Å². The van der Waals surface area contributed by atoms with E-state index in [-0.39, 0.29) is 12.5 Å². The second-order valence-electron chi connectivity index (χ2n) is 4.30. The maximum absolute atomic E-state index is 11.5. The minimum absolute atomic E-state index is 0.0212. The highest BCUT2D eigenvalue weighted by Crippen LogP contribution is 2.20. The van der Waals surface area contributed by atoms with Crippen LogP contribution in [0.1, 0.15) is 31.4 Å². The molecule has 1 aromatic rings. The third kappa shape index (κ3) is 4.44. The number of carbonyl (C=O) groups excluding carboxylic acids is 1. The Bertz CT molecular complexity index is 334. The summed E-state index contributed by atoms with van der Waals surface area (Å²) >= 11 is 1.58. The highest BCUT2D eigenvalue weighted by molar-refractivity contribution is 7.07. The van der Waals surface area contributed by atoms with Crippen LogP contribution in [0.2, 0.25) is 0 Å². The zero-order valence-corrected chi connectivity index (χ0v) is 10.7. The van der Waals surface area contributed by atoms with Crippen molar-refractivity contribution in [2.45, 2.75) is 38.2 Å². The Morgan fingerprint density at radius 1 is 1.53 bits per heavy atom. The maximum Gasteiger partial charge on any atom is 0.246 e. The van der Waals surface area contributed by atoms with Crippen LogP contribution in [0.15, 0.2) is 10.9 Å². The van der Waals surface area contributed by atoms with Crippen LogP contribution in [0.25, 0.3) is 0 Å². The average molecular weight is 254 g/mol. The molecule has 4 nitrogen and oxygen atoms in total. The van der Waals surface area contributed by atoms with Gasteiger partial charge in [0.2, 0.25) is 5.91 Å². The predicted octanol–water partition coefficient (Wildman–Crippen LogP) is 1.76. The molecule has 0 saturated heterocycles. The summed E-state index contributed by atoms with van der Waals surface area (Å²) in [6.07, 6.45) is 5.77. The minimum atomic E-state index is -0.0212. The number of nitrogens with zero attached hydrogens (tertiary/aromatic N) is 1. The Kier molecular flexibility index (Phi) is 4.94. The Labute approximate surface area is 105 Å². The van der Waals surface area contributed by atoms with E-state index in [9.17, 15) is 4.79 Å². The molecule has 0 aromatic carbocycles. The third-order valence-electron chi connectivity index (χ3n) is 2.94. The molecule has 1 aliphatic rings. The molecule has 0 radical (unpaired) electrons. The molecule has 1 amide bonds. The summed E-state index contributed by atoms with van der Waals surface area (Å²) in [4.78, 5) is 15.6. The van der Waals surface area contributed by atoms with Gasteiger partial charge in [-0.2, -0.15) is 0 Å². The van der Waals surface area contributed by atoms with E-state index in [4.69, 9.17) is 4.74 Å². The van der Waals surface area contributed by atoms with E-state index in [0.29, 0.717) is 12.6 Å². The van der Waals surface area contributed by atoms with Crippen LogP contribution in [-0.2, 0) is 16.0 Å². The lowest BCUT2D eigenvalue weighted by Gasteiger charge is -2.10. The van der Waals surface area contributed by atoms with Crippen molar-refractivity contribution in [2.75, 3.05) is 13.2 Å². The number of carbonyl (C=O) groups is 1. The molecular weight excluding hydrogens is 236 g/mol. The standard InChI is InChI=1S/C12H18N2O2S/c15-12(7-16-11-3-1-2-4-11)13-6-5-10-8-17-9-14-10/h8-9,11H,1-7H2,(H,13,15). The smallest absolute Gasteiger partial charge is 0.246 e. The van der Waals surface area contributed by atoms with Gasteiger partial charge >= 0.3 is 0 Å². The van der Waals surface area contributed by atoms with Crippen LogP contribution in [-0.4, -0.2) is 30.1 Å². The predicted molar refractivity (Wildman–Crippen MR) is 67.0 cm³/mol. The first kappa shape index (κ1) is 12.5. The van der Waals surface area contributed by atoms with Crippen LogP contribution in [0.5, 0.6) is 0 Å². The van der Waals surface area contributed by atoms with E-state index >= 15 is 0 Å². The van der Waals surface area contributed by atoms with Gasteiger partial charge in [-0.25, -0.2) is 4.98 Å². The van der Waals surface area contributed by atoms with Crippen molar-refractivity contribution in [3.8, 4) is 0 Å². The molecule has 1 aliphatic carbocycles. The number of rotatable bonds is 6. The fourth-order valence-electron chi connectivity index (χ4n) is 1.99. The van der Waals surface area contributed by atoms with E-state index in [2.05, 4.69) is 10.3 Å². The first-order valence-electron chi connectivity index (χ1n) is 6.10. The fraction of sp³-hybridized carbons (Fsp3) is 0.667. The average Bonchev–Trinajstić information content (AvgIpc) is 2.99. The summed E-state index contributed by atoms with van der Waals surface area (Å²) in [6, 6.07) is 0. The van der Waals surface area contributed by atoms with Gasteiger partial charge in [-0.1, -0.05) is 12.8 Å². The van der Waals surface area contributed by atoms with Gasteiger partial charge in [0.05, 0.1) is 17.3 Å². The van der Waals surface area contributed by atoms with Gasteiger partial charge in [-0.3, -0.25) is 4.79 Å². The van der Waals surface area contributed by atoms with Gasteiger partial charge in [0.1, 0.15) is 6.61 Å². The summed E-state index contributed by atoms with van der Waals surface area (Å²) < 4.78 is 5.53. The highest BCUT2D eigenvalue weighted by atomic mass is 32.1. The first-order chi connectivity index (χ1) is 8.34. The van der Waals surface area contributed by atoms with Crippen LogP contribution in [0, 0.1) is 0 Å². The number of nitrogens with one attached hydrogen (secondary N) is 1. The molecule has 1 fully saturated rings. The second-order valence-corrected chi connectivity index (χ2v) is 5.02. The lowest BCUT2D eigenvalue weighted by atomic mass is 10.3. The normalized spacial score (nSPS) is 16.2. The van der Waals surface area contributed by atoms with Crippen LogP contribution < -0.4 is 5.32 Å². The van der Waals surface area contributed by atoms with Crippen LogP contribution >= 0.6 is 11.3 Å². The van der Waals surface area contributed by atoms with E-state index in [1.165, 1.54) is 12.8 Å². The SMILES string of the molecule is O=C(COC1CCCC1)NCCc1cscn1. The highest BCUT2D eigenvalue weighted by Gasteiger charge is 2.16. The molecule has 0 atom stereocenters. The summed E-state index contributed by atoms with van der Waals surface area (Å²) in [6.45, 7) is 0.832. The Morgan fingerprint density at radius 2 is 2.35 bits per heavy atom. The number of hydrogen-bond acceptors (Lipinski definition) is 4. The summed E-state index contributed by atoms with van der Waals surface area (Å²) in [5.41, 5.74) is 2.84. The van der Waals surface area contributed by atoms with Gasteiger partial charge in [-0.05, 0) is 12.8 Å². The van der Waals surface area contributed by atoms with E-state index in [1.807, 2.05) is 5.38 Å². The van der Waals surface area contributed by atoms with Gasteiger partial charge in [0, 0.05) is 18.3 Å². The molecule has 5 heteroatoms. The maximum atomic E-state index is 11.5. The van der Waals surface area contributed by atoms with Crippen molar-refractivity contribution in [3.05, 3.63) is 16.6 Å². The monoisotopic (exact) mass is 254 g/mol. The molecule has 1 aromatic heterocycles. The third-order valence-corrected chi connectivity index (χ3v) is 3.57. The number of ether oxygens (including phenoxy) is 1. The summed E-state index contributed by atoms with van der Waals surface area (Å²) in [5, 5.41) is 4.85. The van der Waals surface area contributed by atoms with Crippen molar-refractivity contribution < 1.29 is 9.53 Å². The van der Waals surface area contributed by atoms with Crippen molar-refractivity contribution in [3.63, 3.8) is 0 Å². The van der Waals surface area contributed by atoms with Crippen molar-refractivity contribution >= 4 is 17.2 Å². The van der Waals surface area contributed by atoms with Gasteiger partial charge in [0.15, 0.2) is 0 Å². The zero-order chi connectivity index (χ0) is 11.9. The second kappa shape index (κ2) is 6.71. The lowest BCUT2D eigenvalue weighted by Crippen LogP contribution is -2.30. The largest absolute Gasteiger partial charge is 0.368 e. The first-order valence-corrected chi connectivity index (χ1v) is 7.04. The molecule has 2 rings (SSSR count). The Morgan fingerprint density at radius 3 is 3.06 bits per heavy atom. The number of thiazole rings is 1. The molecule has 0 aliphatic heterocycles. The van der Waals surface area contributed by atoms with Gasteiger partial charge in [-0.15, -0.1) is 11.3 Å². The molecule has 0 bridgehead atoms. The topological polar surface area (TPSA) is 51.2 Å². The molecule has 1 heterocycles. The van der Waals surface area contributed by atoms with Gasteiger partial charge in [0.25, 0.3) is 0 Å². The quantitative estimate of drug-likeness (QED) is 0.841. The van der Waals surface area contributed by atoms with E-state index in [0.717, 1.165) is 25.0 Å². The molecule has 1 saturated carbocycles. The lowest BCUT2D eigenvalue weighted by molar-refractivity contribution is -0.127. The molecule has 94 valence electrons.